The molecule has 0 atom stereocenters. The zero-order chi connectivity index (χ0) is 33.8. The lowest BCUT2D eigenvalue weighted by Crippen LogP contribution is -2.25. The van der Waals surface area contributed by atoms with Crippen molar-refractivity contribution in [3.8, 4) is 17.2 Å². The Morgan fingerprint density at radius 1 is 0.913 bits per heavy atom. The van der Waals surface area contributed by atoms with Crippen molar-refractivity contribution in [1.29, 1.82) is 0 Å². The molecule has 4 rings (SSSR count). The summed E-state index contributed by atoms with van der Waals surface area (Å²) in [7, 11) is 0. The number of nitrogens with zero attached hydrogens (tertiary/aromatic N) is 1. The number of carbonyl (C=O) groups excluding carboxylic acids is 2. The Kier molecular flexibility index (Phi) is 10.2. The van der Waals surface area contributed by atoms with Gasteiger partial charge in [0.05, 0.1) is 23.4 Å². The third-order valence-electron chi connectivity index (χ3n) is 7.00. The SMILES string of the molecule is CCC(=O)Oc1c(NCCCOc2cc(F)c(-n3c(N)c(C(=O)c4ccc(F)cc4F)ccc3=O)c(F)c2)cccc1C(C)(C)C. The maximum Gasteiger partial charge on any atom is 0.310 e. The van der Waals surface area contributed by atoms with Gasteiger partial charge < -0.3 is 20.5 Å². The van der Waals surface area contributed by atoms with Crippen LogP contribution in [0.2, 0.25) is 0 Å². The summed E-state index contributed by atoms with van der Waals surface area (Å²) in [5, 5.41) is 3.21. The quantitative estimate of drug-likeness (QED) is 0.0618. The number of anilines is 2. The van der Waals surface area contributed by atoms with Gasteiger partial charge in [0.1, 0.15) is 28.9 Å². The first-order valence-corrected chi connectivity index (χ1v) is 14.4. The fourth-order valence-electron chi connectivity index (χ4n) is 4.68. The maximum atomic E-state index is 15.3. The van der Waals surface area contributed by atoms with Crippen molar-refractivity contribution < 1.29 is 36.6 Å². The Morgan fingerprint density at radius 3 is 2.22 bits per heavy atom. The number of nitrogens with two attached hydrogens (primary N) is 1. The molecular formula is C34H33F4N3O5. The topological polar surface area (TPSA) is 113 Å². The number of nitrogen functional groups attached to an aromatic ring is 1. The summed E-state index contributed by atoms with van der Waals surface area (Å²) in [5.74, 6) is -6.26. The molecule has 0 saturated heterocycles. The molecule has 0 aliphatic rings. The highest BCUT2D eigenvalue weighted by atomic mass is 19.1. The lowest BCUT2D eigenvalue weighted by molar-refractivity contribution is -0.134. The van der Waals surface area contributed by atoms with E-state index < -0.39 is 57.2 Å². The van der Waals surface area contributed by atoms with Gasteiger partial charge in [-0.25, -0.2) is 17.6 Å². The van der Waals surface area contributed by atoms with Crippen LogP contribution in [0.25, 0.3) is 5.69 Å². The number of benzene rings is 3. The van der Waals surface area contributed by atoms with Crippen LogP contribution < -0.4 is 26.1 Å². The van der Waals surface area contributed by atoms with Crippen LogP contribution in [0.1, 0.15) is 62.0 Å². The fraction of sp³-hybridized carbons (Fsp3) is 0.265. The van der Waals surface area contributed by atoms with Crippen LogP contribution in [-0.4, -0.2) is 29.5 Å². The molecule has 4 aromatic rings. The van der Waals surface area contributed by atoms with E-state index in [0.29, 0.717) is 35.0 Å². The number of halogens is 4. The summed E-state index contributed by atoms with van der Waals surface area (Å²) in [6.07, 6.45) is 0.598. The molecule has 0 aliphatic carbocycles. The molecule has 0 amide bonds. The normalized spacial score (nSPS) is 11.3. The van der Waals surface area contributed by atoms with Crippen LogP contribution in [0.5, 0.6) is 11.5 Å². The summed E-state index contributed by atoms with van der Waals surface area (Å²) in [5.41, 5.74) is 4.38. The Bertz CT molecular complexity index is 1830. The van der Waals surface area contributed by atoms with E-state index in [1.165, 1.54) is 0 Å². The molecule has 46 heavy (non-hydrogen) atoms. The smallest absolute Gasteiger partial charge is 0.310 e. The first kappa shape index (κ1) is 33.8. The zero-order valence-electron chi connectivity index (χ0n) is 25.7. The lowest BCUT2D eigenvalue weighted by atomic mass is 9.86. The second-order valence-electron chi connectivity index (χ2n) is 11.4. The van der Waals surface area contributed by atoms with Crippen LogP contribution in [0.4, 0.5) is 29.1 Å². The van der Waals surface area contributed by atoms with Crippen LogP contribution in [0.3, 0.4) is 0 Å². The maximum absolute atomic E-state index is 15.3. The Hall–Kier alpha value is -5.13. The standard InChI is InChI=1S/C34H33F4N3O5/c1-5-29(43)46-32-23(34(2,3)4)8-6-9-27(32)40-14-7-15-45-20-17-25(37)30(26(38)18-20)41-28(42)13-12-22(33(41)39)31(44)21-11-10-19(35)16-24(21)36/h6,8-13,16-18,40H,5,7,14-15,39H2,1-4H3. The van der Waals surface area contributed by atoms with Gasteiger partial charge in [-0.2, -0.15) is 0 Å². The highest BCUT2D eigenvalue weighted by Crippen LogP contribution is 2.37. The minimum atomic E-state index is -1.21. The van der Waals surface area contributed by atoms with E-state index >= 15 is 8.78 Å². The van der Waals surface area contributed by atoms with E-state index in [1.54, 1.807) is 13.0 Å². The molecule has 0 radical (unpaired) electrons. The molecule has 0 bridgehead atoms. The van der Waals surface area contributed by atoms with E-state index in [4.69, 9.17) is 15.2 Å². The van der Waals surface area contributed by atoms with Gasteiger partial charge in [0.15, 0.2) is 23.2 Å². The van der Waals surface area contributed by atoms with E-state index in [0.717, 1.165) is 42.0 Å². The first-order valence-electron chi connectivity index (χ1n) is 14.4. The van der Waals surface area contributed by atoms with Gasteiger partial charge >= 0.3 is 5.97 Å². The molecule has 8 nitrogen and oxygen atoms in total. The number of hydrogen-bond acceptors (Lipinski definition) is 7. The Balaban J connectivity index is 1.49. The van der Waals surface area contributed by atoms with Crippen LogP contribution in [0, 0.1) is 23.3 Å². The number of ketones is 1. The Morgan fingerprint density at radius 2 is 1.59 bits per heavy atom. The van der Waals surface area contributed by atoms with Gasteiger partial charge in [-0.1, -0.05) is 39.8 Å². The fourth-order valence-corrected chi connectivity index (χ4v) is 4.68. The highest BCUT2D eigenvalue weighted by Gasteiger charge is 2.25. The average Bonchev–Trinajstić information content (AvgIpc) is 2.98. The molecule has 12 heteroatoms. The second-order valence-corrected chi connectivity index (χ2v) is 11.4. The number of carbonyl (C=O) groups is 2. The number of ether oxygens (including phenoxy) is 2. The number of esters is 1. The molecule has 0 spiro atoms. The summed E-state index contributed by atoms with van der Waals surface area (Å²) in [6.45, 7) is 8.13. The van der Waals surface area contributed by atoms with Crippen molar-refractivity contribution in [2.24, 2.45) is 0 Å². The number of hydrogen-bond donors (Lipinski definition) is 2. The number of aromatic nitrogens is 1. The van der Waals surface area contributed by atoms with Gasteiger partial charge in [0.25, 0.3) is 5.56 Å². The molecule has 3 aromatic carbocycles. The first-order chi connectivity index (χ1) is 21.7. The van der Waals surface area contributed by atoms with Gasteiger partial charge in [0.2, 0.25) is 0 Å². The molecule has 1 heterocycles. The summed E-state index contributed by atoms with van der Waals surface area (Å²) in [6, 6.07) is 11.4. The largest absolute Gasteiger partial charge is 0.493 e. The summed E-state index contributed by atoms with van der Waals surface area (Å²) in [4.78, 5) is 37.6. The number of para-hydroxylation sites is 1. The van der Waals surface area contributed by atoms with E-state index in [-0.39, 0.29) is 30.2 Å². The number of pyridine rings is 1. The van der Waals surface area contributed by atoms with Crippen molar-refractivity contribution in [3.05, 3.63) is 111 Å². The lowest BCUT2D eigenvalue weighted by Gasteiger charge is -2.24. The van der Waals surface area contributed by atoms with E-state index in [2.05, 4.69) is 5.32 Å². The minimum Gasteiger partial charge on any atom is -0.493 e. The molecule has 0 unspecified atom stereocenters. The van der Waals surface area contributed by atoms with Crippen molar-refractivity contribution in [2.75, 3.05) is 24.2 Å². The second kappa shape index (κ2) is 13.9. The van der Waals surface area contributed by atoms with Crippen molar-refractivity contribution in [3.63, 3.8) is 0 Å². The zero-order valence-corrected chi connectivity index (χ0v) is 25.7. The minimum absolute atomic E-state index is 0.0452. The van der Waals surface area contributed by atoms with E-state index in [1.807, 2.05) is 32.9 Å². The average molecular weight is 640 g/mol. The molecule has 0 fully saturated rings. The van der Waals surface area contributed by atoms with Crippen LogP contribution >= 0.6 is 0 Å². The predicted molar refractivity (Wildman–Crippen MR) is 166 cm³/mol. The third kappa shape index (κ3) is 7.39. The van der Waals surface area contributed by atoms with Gasteiger partial charge in [0, 0.05) is 42.8 Å². The number of nitrogens with one attached hydrogen (secondary N) is 1. The highest BCUT2D eigenvalue weighted by molar-refractivity contribution is 6.11. The molecule has 1 aromatic heterocycles. The van der Waals surface area contributed by atoms with Gasteiger partial charge in [-0.15, -0.1) is 0 Å². The summed E-state index contributed by atoms with van der Waals surface area (Å²) >= 11 is 0. The van der Waals surface area contributed by atoms with Crippen LogP contribution in [-0.2, 0) is 10.2 Å². The van der Waals surface area contributed by atoms with E-state index in [9.17, 15) is 23.2 Å². The number of rotatable bonds is 11. The van der Waals surface area contributed by atoms with Gasteiger partial charge in [-0.3, -0.25) is 19.0 Å². The molecule has 242 valence electrons. The molecule has 3 N–H and O–H groups in total. The molecule has 0 saturated carbocycles. The monoisotopic (exact) mass is 639 g/mol. The molecule has 0 aliphatic heterocycles. The van der Waals surface area contributed by atoms with Crippen molar-refractivity contribution in [1.82, 2.24) is 4.57 Å². The van der Waals surface area contributed by atoms with Crippen molar-refractivity contribution >= 4 is 23.3 Å². The van der Waals surface area contributed by atoms with Crippen LogP contribution in [0.15, 0.2) is 65.5 Å². The molecular weight excluding hydrogens is 606 g/mol. The van der Waals surface area contributed by atoms with Gasteiger partial charge in [-0.05, 0) is 36.1 Å². The predicted octanol–water partition coefficient (Wildman–Crippen LogP) is 6.70. The Labute approximate surface area is 262 Å². The summed E-state index contributed by atoms with van der Waals surface area (Å²) < 4.78 is 69.7. The third-order valence-corrected chi connectivity index (χ3v) is 7.00. The van der Waals surface area contributed by atoms with Crippen molar-refractivity contribution in [2.45, 2.75) is 46.0 Å².